The van der Waals surface area contributed by atoms with Gasteiger partial charge in [-0.3, -0.25) is 0 Å². The van der Waals surface area contributed by atoms with E-state index in [0.29, 0.717) is 22.5 Å². The lowest BCUT2D eigenvalue weighted by Crippen LogP contribution is -2.23. The smallest absolute Gasteiger partial charge is 0.378 e. The molecule has 0 radical (unpaired) electrons. The summed E-state index contributed by atoms with van der Waals surface area (Å²) in [6, 6.07) is 13.7. The lowest BCUT2D eigenvalue weighted by molar-refractivity contribution is -0.137. The van der Waals surface area contributed by atoms with Gasteiger partial charge in [0.1, 0.15) is 18.1 Å². The summed E-state index contributed by atoms with van der Waals surface area (Å²) < 4.78 is 38.6. The number of benzene rings is 2. The van der Waals surface area contributed by atoms with Gasteiger partial charge in [0.05, 0.1) is 5.56 Å². The lowest BCUT2D eigenvalue weighted by atomic mass is 9.91. The zero-order valence-electron chi connectivity index (χ0n) is 15.1. The summed E-state index contributed by atoms with van der Waals surface area (Å²) in [4.78, 5) is 16.1. The number of anilines is 2. The van der Waals surface area contributed by atoms with E-state index < -0.39 is 17.8 Å². The molecule has 1 aliphatic rings. The van der Waals surface area contributed by atoms with Crippen LogP contribution in [0.15, 0.2) is 67.0 Å². The number of nitrogens with one attached hydrogen (secondary N) is 2. The zero-order valence-corrected chi connectivity index (χ0v) is 15.1. The van der Waals surface area contributed by atoms with E-state index in [2.05, 4.69) is 15.6 Å². The number of hydrogen-bond donors (Lipinski definition) is 2. The van der Waals surface area contributed by atoms with E-state index in [0.717, 1.165) is 29.7 Å². The third-order valence-electron chi connectivity index (χ3n) is 4.69. The Bertz CT molecular complexity index is 1060. The number of carbonyl (C=O) groups excluding carboxylic acids is 1. The van der Waals surface area contributed by atoms with Crippen LogP contribution in [0.2, 0.25) is 0 Å². The number of alkyl halides is 3. The first-order valence-electron chi connectivity index (χ1n) is 8.88. The standard InChI is InChI=1S/C22H16F3N3O/c23-22(24,25)15-8-6-14(7-9-15)18-12-27-21(28-16-4-2-1-3-5-16)20-17(18)10-11-26-19(20)13-29/h1-13,19,26H,(H,27,28). The molecule has 0 saturated heterocycles. The molecule has 4 rings (SSSR count). The van der Waals surface area contributed by atoms with Crippen molar-refractivity contribution in [2.45, 2.75) is 12.2 Å². The van der Waals surface area contributed by atoms with Crippen molar-refractivity contribution >= 4 is 23.9 Å². The van der Waals surface area contributed by atoms with E-state index in [9.17, 15) is 18.0 Å². The van der Waals surface area contributed by atoms with Gasteiger partial charge in [-0.15, -0.1) is 0 Å². The fraction of sp³-hybridized carbons (Fsp3) is 0.0909. The Morgan fingerprint density at radius 2 is 1.76 bits per heavy atom. The number of pyridine rings is 1. The number of aromatic nitrogens is 1. The van der Waals surface area contributed by atoms with Crippen molar-refractivity contribution in [3.05, 3.63) is 83.7 Å². The monoisotopic (exact) mass is 395 g/mol. The van der Waals surface area contributed by atoms with Crippen LogP contribution in [0.3, 0.4) is 0 Å². The largest absolute Gasteiger partial charge is 0.416 e. The molecule has 0 fully saturated rings. The van der Waals surface area contributed by atoms with Crippen LogP contribution in [0.4, 0.5) is 24.7 Å². The third kappa shape index (κ3) is 3.71. The molecule has 1 aromatic heterocycles. The molecule has 0 saturated carbocycles. The van der Waals surface area contributed by atoms with Crippen molar-refractivity contribution in [3.63, 3.8) is 0 Å². The molecule has 1 aliphatic heterocycles. The summed E-state index contributed by atoms with van der Waals surface area (Å²) in [5.74, 6) is 0.510. The molecule has 0 amide bonds. The molecule has 0 aliphatic carbocycles. The fourth-order valence-electron chi connectivity index (χ4n) is 3.29. The van der Waals surface area contributed by atoms with Crippen LogP contribution >= 0.6 is 0 Å². The van der Waals surface area contributed by atoms with Gasteiger partial charge in [-0.25, -0.2) is 4.98 Å². The lowest BCUT2D eigenvalue weighted by Gasteiger charge is -2.24. The predicted octanol–water partition coefficient (Wildman–Crippen LogP) is 5.32. The van der Waals surface area contributed by atoms with Crippen LogP contribution < -0.4 is 10.6 Å². The van der Waals surface area contributed by atoms with Crippen molar-refractivity contribution in [1.29, 1.82) is 0 Å². The van der Waals surface area contributed by atoms with Crippen LogP contribution in [0.1, 0.15) is 22.7 Å². The Labute approximate surface area is 165 Å². The molecule has 2 N–H and O–H groups in total. The molecule has 146 valence electrons. The van der Waals surface area contributed by atoms with Crippen LogP contribution in [0.25, 0.3) is 17.2 Å². The molecular weight excluding hydrogens is 379 g/mol. The average Bonchev–Trinajstić information content (AvgIpc) is 2.73. The van der Waals surface area contributed by atoms with Gasteiger partial charge in [0, 0.05) is 23.0 Å². The van der Waals surface area contributed by atoms with Gasteiger partial charge in [0.25, 0.3) is 0 Å². The minimum Gasteiger partial charge on any atom is -0.378 e. The number of nitrogens with zero attached hydrogens (tertiary/aromatic N) is 1. The minimum absolute atomic E-state index is 0.510. The van der Waals surface area contributed by atoms with Gasteiger partial charge in [-0.1, -0.05) is 30.3 Å². The first-order chi connectivity index (χ1) is 14.0. The molecule has 1 unspecified atom stereocenters. The first-order valence-corrected chi connectivity index (χ1v) is 8.88. The molecule has 2 heterocycles. The second kappa shape index (κ2) is 7.43. The molecule has 7 heteroatoms. The molecule has 3 aromatic rings. The molecule has 2 aromatic carbocycles. The average molecular weight is 395 g/mol. The SMILES string of the molecule is O=CC1NC=Cc2c(-c3ccc(C(F)(F)F)cc3)cnc(Nc3ccccc3)c21. The van der Waals surface area contributed by atoms with Crippen LogP contribution in [-0.4, -0.2) is 11.3 Å². The fourth-order valence-corrected chi connectivity index (χ4v) is 3.29. The van der Waals surface area contributed by atoms with Crippen molar-refractivity contribution in [2.24, 2.45) is 0 Å². The molecule has 0 bridgehead atoms. The van der Waals surface area contributed by atoms with E-state index in [4.69, 9.17) is 0 Å². The maximum Gasteiger partial charge on any atom is 0.416 e. The predicted molar refractivity (Wildman–Crippen MR) is 105 cm³/mol. The summed E-state index contributed by atoms with van der Waals surface area (Å²) in [6.07, 6.45) is 1.43. The summed E-state index contributed by atoms with van der Waals surface area (Å²) in [7, 11) is 0. The highest BCUT2D eigenvalue weighted by Gasteiger charge is 2.30. The van der Waals surface area contributed by atoms with Gasteiger partial charge in [0.15, 0.2) is 0 Å². The highest BCUT2D eigenvalue weighted by molar-refractivity contribution is 5.85. The van der Waals surface area contributed by atoms with E-state index in [1.165, 1.54) is 12.1 Å². The van der Waals surface area contributed by atoms with Gasteiger partial charge in [-0.2, -0.15) is 13.2 Å². The molecular formula is C22H16F3N3O. The molecule has 0 spiro atoms. The molecule has 4 nitrogen and oxygen atoms in total. The Morgan fingerprint density at radius 3 is 2.41 bits per heavy atom. The number of hydrogen-bond acceptors (Lipinski definition) is 4. The number of rotatable bonds is 4. The summed E-state index contributed by atoms with van der Waals surface area (Å²) in [6.45, 7) is 0. The number of para-hydroxylation sites is 1. The van der Waals surface area contributed by atoms with E-state index in [-0.39, 0.29) is 0 Å². The Kier molecular flexibility index (Phi) is 4.80. The Morgan fingerprint density at radius 1 is 1.03 bits per heavy atom. The van der Waals surface area contributed by atoms with Crippen molar-refractivity contribution in [1.82, 2.24) is 10.3 Å². The van der Waals surface area contributed by atoms with Crippen molar-refractivity contribution in [3.8, 4) is 11.1 Å². The quantitative estimate of drug-likeness (QED) is 0.587. The Balaban J connectivity index is 1.81. The summed E-state index contributed by atoms with van der Waals surface area (Å²) >= 11 is 0. The molecule has 29 heavy (non-hydrogen) atoms. The number of aldehydes is 1. The van der Waals surface area contributed by atoms with Crippen molar-refractivity contribution in [2.75, 3.05) is 5.32 Å². The van der Waals surface area contributed by atoms with Crippen LogP contribution in [0.5, 0.6) is 0 Å². The van der Waals surface area contributed by atoms with E-state index in [1.54, 1.807) is 18.5 Å². The van der Waals surface area contributed by atoms with Crippen LogP contribution in [-0.2, 0) is 11.0 Å². The minimum atomic E-state index is -4.40. The summed E-state index contributed by atoms with van der Waals surface area (Å²) in [5.41, 5.74) is 2.70. The number of halogens is 3. The highest BCUT2D eigenvalue weighted by atomic mass is 19.4. The second-order valence-corrected chi connectivity index (χ2v) is 6.53. The van der Waals surface area contributed by atoms with Gasteiger partial charge < -0.3 is 15.4 Å². The number of fused-ring (bicyclic) bond motifs is 1. The Hall–Kier alpha value is -3.61. The van der Waals surface area contributed by atoms with E-state index in [1.807, 2.05) is 30.3 Å². The van der Waals surface area contributed by atoms with Crippen molar-refractivity contribution < 1.29 is 18.0 Å². The summed E-state index contributed by atoms with van der Waals surface area (Å²) in [5, 5.41) is 6.19. The topological polar surface area (TPSA) is 54.0 Å². The van der Waals surface area contributed by atoms with E-state index >= 15 is 0 Å². The zero-order chi connectivity index (χ0) is 20.4. The highest BCUT2D eigenvalue weighted by Crippen LogP contribution is 2.38. The van der Waals surface area contributed by atoms with Crippen LogP contribution in [0, 0.1) is 0 Å². The maximum absolute atomic E-state index is 12.9. The van der Waals surface area contributed by atoms with Gasteiger partial charge in [0.2, 0.25) is 0 Å². The maximum atomic E-state index is 12.9. The normalized spacial score (nSPS) is 15.3. The second-order valence-electron chi connectivity index (χ2n) is 6.53. The third-order valence-corrected chi connectivity index (χ3v) is 4.69. The molecule has 1 atom stereocenters. The first kappa shape index (κ1) is 18.7. The van der Waals surface area contributed by atoms with Gasteiger partial charge in [-0.05, 0) is 47.7 Å². The van der Waals surface area contributed by atoms with Gasteiger partial charge >= 0.3 is 6.18 Å². The number of carbonyl (C=O) groups is 1.